The van der Waals surface area contributed by atoms with Gasteiger partial charge >= 0.3 is 0 Å². The molecule has 1 fully saturated rings. The number of nitrogens with two attached hydrogens (primary N) is 1. The molecule has 0 unspecified atom stereocenters. The molecule has 0 saturated heterocycles. The number of benzene rings is 1. The minimum absolute atomic E-state index is 0.291. The van der Waals surface area contributed by atoms with Crippen LogP contribution in [0, 0.1) is 6.92 Å². The summed E-state index contributed by atoms with van der Waals surface area (Å²) in [7, 11) is 0. The Morgan fingerprint density at radius 2 is 2.20 bits per heavy atom. The average molecular weight is 268 g/mol. The van der Waals surface area contributed by atoms with Gasteiger partial charge in [0.25, 0.3) is 0 Å². The van der Waals surface area contributed by atoms with Gasteiger partial charge in [-0.2, -0.15) is 0 Å². The molecule has 20 heavy (non-hydrogen) atoms. The zero-order valence-corrected chi connectivity index (χ0v) is 11.3. The van der Waals surface area contributed by atoms with E-state index in [1.165, 1.54) is 0 Å². The minimum Gasteiger partial charge on any atom is -0.435 e. The second-order valence-corrected chi connectivity index (χ2v) is 5.65. The molecule has 102 valence electrons. The van der Waals surface area contributed by atoms with Crippen molar-refractivity contribution in [3.05, 3.63) is 35.8 Å². The average Bonchev–Trinajstić information content (AvgIpc) is 3.01. The number of aromatic amines is 1. The summed E-state index contributed by atoms with van der Waals surface area (Å²) in [5.41, 5.74) is 9.56. The number of rotatable bonds is 2. The van der Waals surface area contributed by atoms with Gasteiger partial charge in [-0.05, 0) is 43.9 Å². The second kappa shape index (κ2) is 3.93. The SMILES string of the molecule is Cc1ccc2nc(-c3cnc(C4(N)CCC4)[nH]3)oc2c1. The summed E-state index contributed by atoms with van der Waals surface area (Å²) in [6, 6.07) is 5.97. The smallest absolute Gasteiger partial charge is 0.245 e. The quantitative estimate of drug-likeness (QED) is 0.748. The molecular weight excluding hydrogens is 252 g/mol. The number of H-pyrrole nitrogens is 1. The van der Waals surface area contributed by atoms with E-state index in [4.69, 9.17) is 10.2 Å². The van der Waals surface area contributed by atoms with E-state index in [9.17, 15) is 0 Å². The third-order valence-corrected chi connectivity index (χ3v) is 4.07. The number of imidazole rings is 1. The van der Waals surface area contributed by atoms with Crippen LogP contribution in [0.3, 0.4) is 0 Å². The zero-order chi connectivity index (χ0) is 13.7. The van der Waals surface area contributed by atoms with E-state index in [0.29, 0.717) is 5.89 Å². The number of aromatic nitrogens is 3. The van der Waals surface area contributed by atoms with Gasteiger partial charge < -0.3 is 15.1 Å². The summed E-state index contributed by atoms with van der Waals surface area (Å²) < 4.78 is 5.79. The summed E-state index contributed by atoms with van der Waals surface area (Å²) in [4.78, 5) is 12.1. The van der Waals surface area contributed by atoms with Crippen molar-refractivity contribution in [2.75, 3.05) is 0 Å². The standard InChI is InChI=1S/C15H16N4O/c1-9-3-4-10-12(7-9)20-13(18-10)11-8-17-14(19-11)15(16)5-2-6-15/h3-4,7-8H,2,5-6,16H2,1H3,(H,17,19). The normalized spacial score (nSPS) is 17.3. The van der Waals surface area contributed by atoms with Crippen LogP contribution in [-0.2, 0) is 5.54 Å². The van der Waals surface area contributed by atoms with Gasteiger partial charge in [0, 0.05) is 0 Å². The van der Waals surface area contributed by atoms with Gasteiger partial charge in [0.05, 0.1) is 11.7 Å². The first-order valence-electron chi connectivity index (χ1n) is 6.86. The zero-order valence-electron chi connectivity index (χ0n) is 11.3. The van der Waals surface area contributed by atoms with E-state index in [1.54, 1.807) is 6.20 Å². The third kappa shape index (κ3) is 1.67. The van der Waals surface area contributed by atoms with Crippen molar-refractivity contribution < 1.29 is 4.42 Å². The molecule has 1 saturated carbocycles. The first-order chi connectivity index (χ1) is 9.64. The Morgan fingerprint density at radius 1 is 1.35 bits per heavy atom. The molecule has 2 aromatic heterocycles. The Hall–Kier alpha value is -2.14. The molecule has 0 radical (unpaired) electrons. The lowest BCUT2D eigenvalue weighted by atomic mass is 9.77. The first-order valence-corrected chi connectivity index (χ1v) is 6.86. The van der Waals surface area contributed by atoms with Crippen molar-refractivity contribution in [1.29, 1.82) is 0 Å². The Balaban J connectivity index is 1.75. The molecule has 5 heteroatoms. The van der Waals surface area contributed by atoms with Crippen molar-refractivity contribution in [1.82, 2.24) is 15.0 Å². The van der Waals surface area contributed by atoms with Gasteiger partial charge in [0.1, 0.15) is 17.0 Å². The molecule has 0 bridgehead atoms. The summed E-state index contributed by atoms with van der Waals surface area (Å²) in [5, 5.41) is 0. The molecule has 0 aliphatic heterocycles. The molecule has 4 rings (SSSR count). The number of hydrogen-bond acceptors (Lipinski definition) is 4. The number of hydrogen-bond donors (Lipinski definition) is 2. The Labute approximate surface area is 116 Å². The van der Waals surface area contributed by atoms with E-state index in [1.807, 2.05) is 25.1 Å². The molecule has 1 aromatic carbocycles. The highest BCUT2D eigenvalue weighted by Gasteiger charge is 2.37. The fourth-order valence-electron chi connectivity index (χ4n) is 2.62. The predicted octanol–water partition coefficient (Wildman–Crippen LogP) is 2.86. The lowest BCUT2D eigenvalue weighted by molar-refractivity contribution is 0.240. The van der Waals surface area contributed by atoms with Gasteiger partial charge in [-0.15, -0.1) is 0 Å². The Morgan fingerprint density at radius 3 is 2.95 bits per heavy atom. The van der Waals surface area contributed by atoms with Gasteiger partial charge in [0.2, 0.25) is 5.89 Å². The van der Waals surface area contributed by atoms with Crippen molar-refractivity contribution in [2.45, 2.75) is 31.7 Å². The molecule has 3 aromatic rings. The van der Waals surface area contributed by atoms with Gasteiger partial charge in [-0.1, -0.05) is 6.07 Å². The highest BCUT2D eigenvalue weighted by molar-refractivity contribution is 5.76. The van der Waals surface area contributed by atoms with Crippen LogP contribution in [0.2, 0.25) is 0 Å². The lowest BCUT2D eigenvalue weighted by Gasteiger charge is -2.35. The summed E-state index contributed by atoms with van der Waals surface area (Å²) in [5.74, 6) is 1.39. The van der Waals surface area contributed by atoms with Crippen molar-refractivity contribution in [3.8, 4) is 11.6 Å². The topological polar surface area (TPSA) is 80.7 Å². The number of nitrogens with one attached hydrogen (secondary N) is 1. The maximum atomic E-state index is 6.27. The van der Waals surface area contributed by atoms with Crippen molar-refractivity contribution in [3.63, 3.8) is 0 Å². The monoisotopic (exact) mass is 268 g/mol. The lowest BCUT2D eigenvalue weighted by Crippen LogP contribution is -2.44. The summed E-state index contributed by atoms with van der Waals surface area (Å²) in [6.07, 6.45) is 4.87. The fraction of sp³-hybridized carbons (Fsp3) is 0.333. The summed E-state index contributed by atoms with van der Waals surface area (Å²) >= 11 is 0. The maximum Gasteiger partial charge on any atom is 0.245 e. The molecule has 0 amide bonds. The van der Waals surface area contributed by atoms with Crippen molar-refractivity contribution >= 4 is 11.1 Å². The van der Waals surface area contributed by atoms with Crippen molar-refractivity contribution in [2.24, 2.45) is 5.73 Å². The van der Waals surface area contributed by atoms with Crippen LogP contribution in [0.4, 0.5) is 0 Å². The van der Waals surface area contributed by atoms with E-state index in [0.717, 1.165) is 47.4 Å². The van der Waals surface area contributed by atoms with Crippen LogP contribution < -0.4 is 5.73 Å². The van der Waals surface area contributed by atoms with Crippen LogP contribution >= 0.6 is 0 Å². The van der Waals surface area contributed by atoms with Crippen LogP contribution in [-0.4, -0.2) is 15.0 Å². The van der Waals surface area contributed by atoms with Gasteiger partial charge in [-0.25, -0.2) is 9.97 Å². The van der Waals surface area contributed by atoms with Crippen LogP contribution in [0.1, 0.15) is 30.7 Å². The van der Waals surface area contributed by atoms with Gasteiger partial charge in [-0.3, -0.25) is 0 Å². The Kier molecular flexibility index (Phi) is 2.29. The highest BCUT2D eigenvalue weighted by atomic mass is 16.3. The molecule has 2 heterocycles. The molecule has 0 atom stereocenters. The number of nitrogens with zero attached hydrogens (tertiary/aromatic N) is 2. The Bertz CT molecular complexity index is 782. The molecular formula is C15H16N4O. The van der Waals surface area contributed by atoms with Crippen LogP contribution in [0.25, 0.3) is 22.7 Å². The molecule has 5 nitrogen and oxygen atoms in total. The third-order valence-electron chi connectivity index (χ3n) is 4.07. The minimum atomic E-state index is -0.291. The van der Waals surface area contributed by atoms with E-state index < -0.39 is 0 Å². The number of fused-ring (bicyclic) bond motifs is 1. The molecule has 1 aliphatic rings. The maximum absolute atomic E-state index is 6.27. The van der Waals surface area contributed by atoms with E-state index >= 15 is 0 Å². The molecule has 1 aliphatic carbocycles. The fourth-order valence-corrected chi connectivity index (χ4v) is 2.62. The highest BCUT2D eigenvalue weighted by Crippen LogP contribution is 2.37. The largest absolute Gasteiger partial charge is 0.435 e. The predicted molar refractivity (Wildman–Crippen MR) is 76.0 cm³/mol. The van der Waals surface area contributed by atoms with E-state index in [-0.39, 0.29) is 5.54 Å². The van der Waals surface area contributed by atoms with Crippen LogP contribution in [0.15, 0.2) is 28.8 Å². The first kappa shape index (κ1) is 11.7. The second-order valence-electron chi connectivity index (χ2n) is 5.65. The van der Waals surface area contributed by atoms with E-state index in [2.05, 4.69) is 15.0 Å². The van der Waals surface area contributed by atoms with Crippen LogP contribution in [0.5, 0.6) is 0 Å². The summed E-state index contributed by atoms with van der Waals surface area (Å²) in [6.45, 7) is 2.03. The molecule has 3 N–H and O–H groups in total. The number of oxazole rings is 1. The molecule has 0 spiro atoms. The van der Waals surface area contributed by atoms with Gasteiger partial charge in [0.15, 0.2) is 5.58 Å². The number of aryl methyl sites for hydroxylation is 1.